The summed E-state index contributed by atoms with van der Waals surface area (Å²) in [5.41, 5.74) is 0. The monoisotopic (exact) mass is 256 g/mol. The van der Waals surface area contributed by atoms with E-state index in [4.69, 9.17) is 0 Å². The van der Waals surface area contributed by atoms with Crippen molar-refractivity contribution in [3.8, 4) is 0 Å². The summed E-state index contributed by atoms with van der Waals surface area (Å²) in [7, 11) is 0. The van der Waals surface area contributed by atoms with Crippen molar-refractivity contribution >= 4 is 47.0 Å². The van der Waals surface area contributed by atoms with E-state index in [9.17, 15) is 0 Å². The molecule has 0 radical (unpaired) electrons. The minimum Gasteiger partial charge on any atom is -0.0884 e. The van der Waals surface area contributed by atoms with E-state index >= 15 is 0 Å². The number of hydrogen-bond donors (Lipinski definition) is 0. The van der Waals surface area contributed by atoms with E-state index in [0.717, 1.165) is 0 Å². The molecule has 2 rings (SSSR count). The van der Waals surface area contributed by atoms with E-state index in [1.807, 2.05) is 47.0 Å². The Morgan fingerprint density at radius 2 is 0.909 bits per heavy atom. The Hall–Kier alpha value is 1.15. The van der Waals surface area contributed by atoms with Gasteiger partial charge in [-0.15, -0.1) is 0 Å². The zero-order chi connectivity index (χ0) is 6.81. The van der Waals surface area contributed by atoms with Crippen LogP contribution >= 0.6 is 47.0 Å². The van der Waals surface area contributed by atoms with Crippen LogP contribution in [0.1, 0.15) is 0 Å². The molecule has 0 saturated carbocycles. The molecule has 0 saturated heterocycles. The smallest absolute Gasteiger partial charge is 0.0694 e. The van der Waals surface area contributed by atoms with Crippen molar-refractivity contribution in [1.29, 1.82) is 0 Å². The van der Waals surface area contributed by atoms with Gasteiger partial charge in [-0.1, -0.05) is 47.0 Å². The van der Waals surface area contributed by atoms with Crippen LogP contribution in [-0.4, -0.2) is 0 Å². The van der Waals surface area contributed by atoms with E-state index in [2.05, 4.69) is 21.6 Å². The first-order valence-corrected chi connectivity index (χ1v) is 6.19. The van der Waals surface area contributed by atoms with Crippen molar-refractivity contribution in [2.75, 3.05) is 0 Å². The van der Waals surface area contributed by atoms with Crippen LogP contribution in [0.25, 0.3) is 0 Å². The molecule has 2 aliphatic rings. The molecule has 0 amide bonds. The van der Waals surface area contributed by atoms with E-state index in [1.165, 1.54) is 8.47 Å². The summed E-state index contributed by atoms with van der Waals surface area (Å²) in [6.45, 7) is 0. The SMILES string of the molecule is C1=CSC(=C2SC=CS2)S1.[Cr]. The predicted molar refractivity (Wildman–Crippen MR) is 55.7 cm³/mol. The molecule has 0 spiro atoms. The van der Waals surface area contributed by atoms with Gasteiger partial charge in [0.15, 0.2) is 0 Å². The Kier molecular flexibility index (Phi) is 4.66. The fourth-order valence-corrected chi connectivity index (χ4v) is 4.64. The Morgan fingerprint density at radius 3 is 1.18 bits per heavy atom. The molecule has 5 heteroatoms. The zero-order valence-electron chi connectivity index (χ0n) is 5.35. The van der Waals surface area contributed by atoms with Gasteiger partial charge in [0.05, 0.1) is 8.47 Å². The summed E-state index contributed by atoms with van der Waals surface area (Å²) in [4.78, 5) is 0. The van der Waals surface area contributed by atoms with Gasteiger partial charge in [0, 0.05) is 17.4 Å². The van der Waals surface area contributed by atoms with Crippen molar-refractivity contribution in [1.82, 2.24) is 0 Å². The molecule has 0 aromatic heterocycles. The van der Waals surface area contributed by atoms with Gasteiger partial charge in [-0.05, 0) is 21.6 Å². The van der Waals surface area contributed by atoms with Crippen LogP contribution in [0.5, 0.6) is 0 Å². The van der Waals surface area contributed by atoms with Crippen LogP contribution in [0, 0.1) is 0 Å². The van der Waals surface area contributed by atoms with Gasteiger partial charge in [-0.25, -0.2) is 0 Å². The molecule has 0 unspecified atom stereocenters. The predicted octanol–water partition coefficient (Wildman–Crippen LogP) is 4.01. The van der Waals surface area contributed by atoms with Gasteiger partial charge in [0.25, 0.3) is 0 Å². The zero-order valence-corrected chi connectivity index (χ0v) is 9.89. The van der Waals surface area contributed by atoms with Gasteiger partial charge >= 0.3 is 0 Å². The van der Waals surface area contributed by atoms with Crippen molar-refractivity contribution in [2.45, 2.75) is 0 Å². The van der Waals surface area contributed by atoms with Gasteiger partial charge in [0.1, 0.15) is 0 Å². The first-order valence-electron chi connectivity index (χ1n) is 2.68. The molecule has 0 N–H and O–H groups in total. The van der Waals surface area contributed by atoms with Crippen molar-refractivity contribution < 1.29 is 17.4 Å². The second-order valence-corrected chi connectivity index (χ2v) is 5.77. The third kappa shape index (κ3) is 2.55. The van der Waals surface area contributed by atoms with Gasteiger partial charge < -0.3 is 0 Å². The molecular formula is C6H4CrS4. The maximum atomic E-state index is 2.13. The Balaban J connectivity index is 0.000000605. The fraction of sp³-hybridized carbons (Fsp3) is 0. The quantitative estimate of drug-likeness (QED) is 0.642. The van der Waals surface area contributed by atoms with Crippen LogP contribution in [0.15, 0.2) is 30.1 Å². The average Bonchev–Trinajstić information content (AvgIpc) is 2.59. The van der Waals surface area contributed by atoms with Crippen LogP contribution in [0.2, 0.25) is 0 Å². The summed E-state index contributed by atoms with van der Waals surface area (Å²) >= 11 is 7.28. The van der Waals surface area contributed by atoms with Gasteiger partial charge in [0.2, 0.25) is 0 Å². The molecule has 0 nitrogen and oxygen atoms in total. The van der Waals surface area contributed by atoms with Gasteiger partial charge in [-0.2, -0.15) is 0 Å². The minimum atomic E-state index is 0. The topological polar surface area (TPSA) is 0 Å². The summed E-state index contributed by atoms with van der Waals surface area (Å²) in [5, 5.41) is 8.53. The van der Waals surface area contributed by atoms with E-state index in [1.54, 1.807) is 0 Å². The number of hydrogen-bond acceptors (Lipinski definition) is 4. The van der Waals surface area contributed by atoms with Crippen molar-refractivity contribution in [3.63, 3.8) is 0 Å². The molecule has 0 bridgehead atoms. The molecule has 0 aromatic carbocycles. The first-order chi connectivity index (χ1) is 4.97. The largest absolute Gasteiger partial charge is 0.0884 e. The Labute approximate surface area is 93.8 Å². The molecular weight excluding hydrogens is 252 g/mol. The second kappa shape index (κ2) is 5.01. The van der Waals surface area contributed by atoms with Crippen LogP contribution in [0.3, 0.4) is 0 Å². The van der Waals surface area contributed by atoms with Gasteiger partial charge in [-0.3, -0.25) is 0 Å². The standard InChI is InChI=1S/C6H4S4.Cr/c1-2-8-5(7-1)6-9-3-4-10-6;/h1-4H;. The summed E-state index contributed by atoms with van der Waals surface area (Å²) in [6.07, 6.45) is 0. The van der Waals surface area contributed by atoms with E-state index in [0.29, 0.717) is 0 Å². The molecule has 58 valence electrons. The van der Waals surface area contributed by atoms with Crippen LogP contribution in [-0.2, 0) is 17.4 Å². The van der Waals surface area contributed by atoms with Crippen molar-refractivity contribution in [2.24, 2.45) is 0 Å². The van der Waals surface area contributed by atoms with E-state index < -0.39 is 0 Å². The molecule has 0 fully saturated rings. The molecule has 2 heterocycles. The average molecular weight is 256 g/mol. The van der Waals surface area contributed by atoms with Crippen LogP contribution < -0.4 is 0 Å². The molecule has 0 aromatic rings. The summed E-state index contributed by atoms with van der Waals surface area (Å²) < 4.78 is 2.86. The third-order valence-corrected chi connectivity index (χ3v) is 5.76. The maximum Gasteiger partial charge on any atom is 0.0694 e. The molecule has 2 aliphatic heterocycles. The maximum absolute atomic E-state index is 2.13. The molecule has 0 aliphatic carbocycles. The summed E-state index contributed by atoms with van der Waals surface area (Å²) in [6, 6.07) is 0. The number of thioether (sulfide) groups is 4. The molecule has 11 heavy (non-hydrogen) atoms. The number of rotatable bonds is 0. The van der Waals surface area contributed by atoms with Crippen LogP contribution in [0.4, 0.5) is 0 Å². The minimum absolute atomic E-state index is 0. The second-order valence-electron chi connectivity index (χ2n) is 1.59. The Bertz CT molecular complexity index is 187. The fourth-order valence-electron chi connectivity index (χ4n) is 0.606. The molecule has 0 atom stereocenters. The van der Waals surface area contributed by atoms with Crippen molar-refractivity contribution in [3.05, 3.63) is 30.1 Å². The Morgan fingerprint density at radius 1 is 0.636 bits per heavy atom. The van der Waals surface area contributed by atoms with E-state index in [-0.39, 0.29) is 17.4 Å². The normalized spacial score (nSPS) is 21.1. The first kappa shape index (κ1) is 10.2. The summed E-state index contributed by atoms with van der Waals surface area (Å²) in [5.74, 6) is 0. The third-order valence-electron chi connectivity index (χ3n) is 0.978.